The average molecular weight is 448 g/mol. The van der Waals surface area contributed by atoms with E-state index in [-0.39, 0.29) is 12.1 Å². The molecule has 1 saturated carbocycles. The van der Waals surface area contributed by atoms with Gasteiger partial charge in [-0.25, -0.2) is 4.79 Å². The Morgan fingerprint density at radius 2 is 1.79 bits per heavy atom. The Morgan fingerprint density at radius 1 is 1.12 bits per heavy atom. The lowest BCUT2D eigenvalue weighted by Gasteiger charge is -2.39. The lowest BCUT2D eigenvalue weighted by molar-refractivity contribution is 0.132. The summed E-state index contributed by atoms with van der Waals surface area (Å²) >= 11 is 0. The quantitative estimate of drug-likeness (QED) is 0.600. The van der Waals surface area contributed by atoms with Crippen molar-refractivity contribution in [1.29, 1.82) is 5.26 Å². The van der Waals surface area contributed by atoms with Crippen LogP contribution in [0.3, 0.4) is 0 Å². The number of carbonyl (C=O) groups is 1. The number of nitrogens with one attached hydrogen (secondary N) is 2. The molecular formula is C26H33N5O2. The van der Waals surface area contributed by atoms with Crippen molar-refractivity contribution in [2.24, 2.45) is 11.8 Å². The van der Waals surface area contributed by atoms with Gasteiger partial charge in [0.1, 0.15) is 5.75 Å². The molecule has 174 valence electrons. The smallest absolute Gasteiger partial charge is 0.321 e. The van der Waals surface area contributed by atoms with Gasteiger partial charge in [-0.15, -0.1) is 0 Å². The van der Waals surface area contributed by atoms with Gasteiger partial charge < -0.3 is 20.3 Å². The van der Waals surface area contributed by atoms with Crippen LogP contribution in [0.1, 0.15) is 24.8 Å². The molecule has 33 heavy (non-hydrogen) atoms. The lowest BCUT2D eigenvalue weighted by Crippen LogP contribution is -2.55. The first kappa shape index (κ1) is 22.9. The van der Waals surface area contributed by atoms with Crippen molar-refractivity contribution in [2.75, 3.05) is 50.6 Å². The van der Waals surface area contributed by atoms with E-state index in [9.17, 15) is 4.79 Å². The molecule has 1 saturated heterocycles. The molecule has 0 aromatic heterocycles. The molecule has 2 fully saturated rings. The first-order valence-corrected chi connectivity index (χ1v) is 11.7. The first-order valence-electron chi connectivity index (χ1n) is 11.7. The van der Waals surface area contributed by atoms with E-state index in [1.54, 1.807) is 12.0 Å². The minimum atomic E-state index is -0.0397. The molecule has 2 aromatic carbocycles. The largest absolute Gasteiger partial charge is 0.497 e. The number of nitriles is 1. The maximum atomic E-state index is 12.9. The molecule has 2 atom stereocenters. The number of methoxy groups -OCH3 is 1. The van der Waals surface area contributed by atoms with Crippen molar-refractivity contribution >= 4 is 17.4 Å². The molecular weight excluding hydrogens is 414 g/mol. The van der Waals surface area contributed by atoms with Crippen molar-refractivity contribution in [3.63, 3.8) is 0 Å². The molecule has 2 amide bonds. The van der Waals surface area contributed by atoms with Gasteiger partial charge in [0.25, 0.3) is 0 Å². The molecule has 0 spiro atoms. The zero-order valence-electron chi connectivity index (χ0n) is 19.5. The van der Waals surface area contributed by atoms with Gasteiger partial charge in [-0.1, -0.05) is 0 Å². The Kier molecular flexibility index (Phi) is 7.36. The third-order valence-corrected chi connectivity index (χ3v) is 6.96. The molecule has 2 bridgehead atoms. The van der Waals surface area contributed by atoms with Crippen LogP contribution in [-0.4, -0.2) is 57.3 Å². The zero-order valence-corrected chi connectivity index (χ0v) is 19.5. The Labute approximate surface area is 196 Å². The molecule has 1 aliphatic heterocycles. The summed E-state index contributed by atoms with van der Waals surface area (Å²) in [5.74, 6) is 1.82. The van der Waals surface area contributed by atoms with Crippen LogP contribution in [0.5, 0.6) is 5.75 Å². The summed E-state index contributed by atoms with van der Waals surface area (Å²) in [4.78, 5) is 17.1. The van der Waals surface area contributed by atoms with Gasteiger partial charge in [0.2, 0.25) is 0 Å². The molecule has 1 heterocycles. The van der Waals surface area contributed by atoms with Crippen LogP contribution in [0.2, 0.25) is 0 Å². The number of urea groups is 1. The zero-order chi connectivity index (χ0) is 23.2. The number of carbonyl (C=O) groups excluding carboxylic acids is 1. The summed E-state index contributed by atoms with van der Waals surface area (Å²) in [5, 5.41) is 15.7. The van der Waals surface area contributed by atoms with Crippen LogP contribution in [0.4, 0.5) is 16.2 Å². The highest BCUT2D eigenvalue weighted by atomic mass is 16.5. The van der Waals surface area contributed by atoms with Crippen molar-refractivity contribution in [3.05, 3.63) is 54.1 Å². The molecule has 2 N–H and O–H groups in total. The summed E-state index contributed by atoms with van der Waals surface area (Å²) in [6, 6.07) is 17.5. The van der Waals surface area contributed by atoms with Gasteiger partial charge in [-0.05, 0) is 86.2 Å². The first-order chi connectivity index (χ1) is 16.1. The Morgan fingerprint density at radius 3 is 2.39 bits per heavy atom. The molecule has 7 nitrogen and oxygen atoms in total. The van der Waals surface area contributed by atoms with Crippen molar-refractivity contribution < 1.29 is 9.53 Å². The second kappa shape index (κ2) is 10.6. The molecule has 0 radical (unpaired) electrons. The van der Waals surface area contributed by atoms with Crippen molar-refractivity contribution in [2.45, 2.75) is 25.3 Å². The Bertz CT molecular complexity index is 956. The third kappa shape index (κ3) is 5.58. The molecule has 2 unspecified atom stereocenters. The number of benzene rings is 2. The van der Waals surface area contributed by atoms with E-state index < -0.39 is 0 Å². The predicted molar refractivity (Wildman–Crippen MR) is 131 cm³/mol. The molecule has 2 aromatic rings. The number of nitrogens with zero attached hydrogens (tertiary/aromatic N) is 3. The number of hydrogen-bond donors (Lipinski definition) is 2. The highest BCUT2D eigenvalue weighted by Gasteiger charge is 2.42. The highest BCUT2D eigenvalue weighted by molar-refractivity contribution is 5.91. The number of anilines is 2. The number of hydrogen-bond acceptors (Lipinski definition) is 5. The van der Waals surface area contributed by atoms with E-state index in [2.05, 4.69) is 21.6 Å². The second-order valence-electron chi connectivity index (χ2n) is 9.06. The number of ether oxygens (including phenoxy) is 1. The van der Waals surface area contributed by atoms with E-state index in [1.165, 1.54) is 12.8 Å². The van der Waals surface area contributed by atoms with Crippen LogP contribution < -0.4 is 20.3 Å². The van der Waals surface area contributed by atoms with Gasteiger partial charge in [-0.2, -0.15) is 5.26 Å². The normalized spacial score (nSPS) is 21.8. The minimum Gasteiger partial charge on any atom is -0.497 e. The van der Waals surface area contributed by atoms with Crippen molar-refractivity contribution in [3.8, 4) is 11.8 Å². The molecule has 1 aliphatic carbocycles. The average Bonchev–Trinajstić information content (AvgIpc) is 3.08. The summed E-state index contributed by atoms with van der Waals surface area (Å²) in [5.41, 5.74) is 2.59. The van der Waals surface area contributed by atoms with Crippen LogP contribution in [0.15, 0.2) is 48.5 Å². The molecule has 4 rings (SSSR count). The number of fused-ring (bicyclic) bond motifs is 2. The fraction of sp³-hybridized carbons (Fsp3) is 0.462. The summed E-state index contributed by atoms with van der Waals surface area (Å²) in [7, 11) is 3.45. The third-order valence-electron chi connectivity index (χ3n) is 6.96. The van der Waals surface area contributed by atoms with Gasteiger partial charge >= 0.3 is 6.03 Å². The molecule has 2 aliphatic rings. The summed E-state index contributed by atoms with van der Waals surface area (Å²) < 4.78 is 5.21. The SMILES string of the molecule is COc1ccc(N(C)C(=O)NC2C3CCC2CN(CCCNc2ccc(C#N)cc2)C3)cc1. The maximum Gasteiger partial charge on any atom is 0.321 e. The van der Waals surface area contributed by atoms with E-state index in [1.807, 2.05) is 55.6 Å². The van der Waals surface area contributed by atoms with Crippen LogP contribution >= 0.6 is 0 Å². The predicted octanol–water partition coefficient (Wildman–Crippen LogP) is 3.93. The fourth-order valence-electron chi connectivity index (χ4n) is 5.10. The topological polar surface area (TPSA) is 80.6 Å². The fourth-order valence-corrected chi connectivity index (χ4v) is 5.10. The van der Waals surface area contributed by atoms with Gasteiger partial charge in [0, 0.05) is 44.1 Å². The van der Waals surface area contributed by atoms with E-state index in [4.69, 9.17) is 10.00 Å². The van der Waals surface area contributed by atoms with E-state index in [0.29, 0.717) is 17.4 Å². The minimum absolute atomic E-state index is 0.0397. The lowest BCUT2D eigenvalue weighted by atomic mass is 9.92. The maximum absolute atomic E-state index is 12.9. The van der Waals surface area contributed by atoms with Crippen LogP contribution in [0, 0.1) is 23.2 Å². The number of piperidine rings is 1. The van der Waals surface area contributed by atoms with Crippen LogP contribution in [-0.2, 0) is 0 Å². The molecule has 7 heteroatoms. The van der Waals surface area contributed by atoms with Crippen molar-refractivity contribution in [1.82, 2.24) is 10.2 Å². The summed E-state index contributed by atoms with van der Waals surface area (Å²) in [6.07, 6.45) is 3.43. The van der Waals surface area contributed by atoms with Crippen LogP contribution in [0.25, 0.3) is 0 Å². The standard InChI is InChI=1S/C26H33N5O2/c1-30(23-10-12-24(33-2)13-11-23)26(32)29-25-20-6-7-21(25)18-31(17-20)15-3-14-28-22-8-4-19(16-27)5-9-22/h4-5,8-13,20-21,25,28H,3,6-7,14-15,17-18H2,1-2H3,(H,29,32). The van der Waals surface area contributed by atoms with Gasteiger partial charge in [0.05, 0.1) is 18.7 Å². The summed E-state index contributed by atoms with van der Waals surface area (Å²) in [6.45, 7) is 4.06. The van der Waals surface area contributed by atoms with E-state index >= 15 is 0 Å². The highest BCUT2D eigenvalue weighted by Crippen LogP contribution is 2.37. The van der Waals surface area contributed by atoms with Gasteiger partial charge in [0.15, 0.2) is 0 Å². The second-order valence-corrected chi connectivity index (χ2v) is 9.06. The van der Waals surface area contributed by atoms with E-state index in [0.717, 1.165) is 49.7 Å². The Balaban J connectivity index is 1.22. The monoisotopic (exact) mass is 447 g/mol. The number of likely N-dealkylation sites (tertiary alicyclic amines) is 1. The number of amides is 2. The number of rotatable bonds is 8. The Hall–Kier alpha value is -3.24. The van der Waals surface area contributed by atoms with Gasteiger partial charge in [-0.3, -0.25) is 4.90 Å².